The number of fused-ring (bicyclic) bond motifs is 1. The summed E-state index contributed by atoms with van der Waals surface area (Å²) in [5, 5.41) is 15.1. The molecule has 2 aliphatic heterocycles. The number of hydrogen-bond acceptors (Lipinski definition) is 6. The standard InChI is InChI=1S/C25H24Br2FN5O5S/c1-24(2)25(23(37)38,33-17(35)10-18(33)39-24)32-22(36)20(12-6-4-3-5-7-12)31-16(34)11-30-21(29)13-8-14(26)19(28)15(27)9-13/h3-9,18,20H,10-11H2,1-2H3,(H2,29,30)(H,31,34)(H,32,36)(H,37,38)/t18-,20?,25+/m1/s1. The zero-order valence-electron chi connectivity index (χ0n) is 20.7. The number of amides is 3. The van der Waals surface area contributed by atoms with Gasteiger partial charge < -0.3 is 21.5 Å². The number of carboxylic acid groups (broad SMARTS) is 1. The molecule has 0 spiro atoms. The highest BCUT2D eigenvalue weighted by atomic mass is 79.9. The van der Waals surface area contributed by atoms with Crippen LogP contribution in [0.4, 0.5) is 4.39 Å². The van der Waals surface area contributed by atoms with Gasteiger partial charge in [0.2, 0.25) is 23.4 Å². The molecular weight excluding hydrogens is 661 g/mol. The number of carboxylic acids is 1. The fourth-order valence-corrected chi connectivity index (χ4v) is 7.46. The molecule has 2 saturated heterocycles. The van der Waals surface area contributed by atoms with Crippen molar-refractivity contribution in [3.63, 3.8) is 0 Å². The Hall–Kier alpha value is -2.97. The van der Waals surface area contributed by atoms with E-state index in [1.807, 2.05) is 0 Å². The Balaban J connectivity index is 1.58. The minimum atomic E-state index is -2.02. The molecule has 14 heteroatoms. The molecular formula is C25H24Br2FN5O5S. The van der Waals surface area contributed by atoms with Crippen molar-refractivity contribution in [2.24, 2.45) is 10.7 Å². The first-order chi connectivity index (χ1) is 18.3. The lowest BCUT2D eigenvalue weighted by molar-refractivity contribution is -0.173. The maximum Gasteiger partial charge on any atom is 0.352 e. The molecule has 2 aliphatic rings. The highest BCUT2D eigenvalue weighted by Gasteiger charge is 2.70. The normalized spacial score (nSPS) is 22.5. The second kappa shape index (κ2) is 10.9. The van der Waals surface area contributed by atoms with Crippen molar-refractivity contribution in [1.82, 2.24) is 15.5 Å². The van der Waals surface area contributed by atoms with Crippen molar-refractivity contribution in [2.45, 2.75) is 42.1 Å². The molecule has 39 heavy (non-hydrogen) atoms. The zero-order valence-corrected chi connectivity index (χ0v) is 24.7. The minimum absolute atomic E-state index is 0.0378. The summed E-state index contributed by atoms with van der Waals surface area (Å²) in [7, 11) is 0. The number of carbonyl (C=O) groups excluding carboxylic acids is 3. The van der Waals surface area contributed by atoms with Gasteiger partial charge in [0.15, 0.2) is 5.82 Å². The van der Waals surface area contributed by atoms with Gasteiger partial charge in [-0.05, 0) is 63.4 Å². The number of hydrogen-bond donors (Lipinski definition) is 4. The van der Waals surface area contributed by atoms with E-state index in [-0.39, 0.29) is 32.5 Å². The third-order valence-corrected chi connectivity index (χ3v) is 9.24. The predicted octanol–water partition coefficient (Wildman–Crippen LogP) is 2.89. The van der Waals surface area contributed by atoms with Gasteiger partial charge in [0.25, 0.3) is 0 Å². The van der Waals surface area contributed by atoms with Crippen molar-refractivity contribution in [1.29, 1.82) is 0 Å². The van der Waals surface area contributed by atoms with Gasteiger partial charge in [-0.3, -0.25) is 24.3 Å². The lowest BCUT2D eigenvalue weighted by Crippen LogP contribution is -2.75. The summed E-state index contributed by atoms with van der Waals surface area (Å²) in [5.74, 6) is -3.81. The monoisotopic (exact) mass is 683 g/mol. The van der Waals surface area contributed by atoms with Crippen LogP contribution in [0, 0.1) is 5.82 Å². The molecule has 0 aliphatic carbocycles. The van der Waals surface area contributed by atoms with E-state index < -0.39 is 46.6 Å². The SMILES string of the molecule is CC1(C)S[C@@H]2CC(=O)N2[C@@]1(NC(=O)C(NC(=O)CN=C(N)c1cc(Br)c(F)c(Br)c1)c1ccccc1)C(=O)O. The van der Waals surface area contributed by atoms with E-state index in [1.54, 1.807) is 44.2 Å². The first kappa shape index (κ1) is 29.0. The number of carbonyl (C=O) groups is 4. The number of thioether (sulfide) groups is 1. The molecule has 2 aromatic carbocycles. The molecule has 3 atom stereocenters. The van der Waals surface area contributed by atoms with Crippen LogP contribution >= 0.6 is 43.6 Å². The number of halogens is 3. The number of nitrogens with two attached hydrogens (primary N) is 1. The van der Waals surface area contributed by atoms with Gasteiger partial charge in [0, 0.05) is 5.56 Å². The van der Waals surface area contributed by atoms with E-state index in [1.165, 1.54) is 28.8 Å². The molecule has 1 unspecified atom stereocenters. The Bertz CT molecular complexity index is 1370. The molecule has 0 radical (unpaired) electrons. The third-order valence-electron chi connectivity index (χ3n) is 6.56. The highest BCUT2D eigenvalue weighted by Crippen LogP contribution is 2.55. The number of nitrogens with zero attached hydrogens (tertiary/aromatic N) is 2. The largest absolute Gasteiger partial charge is 0.478 e. The molecule has 0 saturated carbocycles. The molecule has 2 fully saturated rings. The second-order valence-corrected chi connectivity index (χ2v) is 12.9. The molecule has 10 nitrogen and oxygen atoms in total. The lowest BCUT2D eigenvalue weighted by Gasteiger charge is -2.46. The first-order valence-electron chi connectivity index (χ1n) is 11.6. The van der Waals surface area contributed by atoms with Gasteiger partial charge in [-0.1, -0.05) is 30.3 Å². The van der Waals surface area contributed by atoms with Gasteiger partial charge in [-0.2, -0.15) is 0 Å². The van der Waals surface area contributed by atoms with Crippen LogP contribution in [0.3, 0.4) is 0 Å². The Morgan fingerprint density at radius 3 is 2.41 bits per heavy atom. The smallest absolute Gasteiger partial charge is 0.352 e. The maximum absolute atomic E-state index is 13.9. The topological polar surface area (TPSA) is 154 Å². The van der Waals surface area contributed by atoms with Crippen LogP contribution in [0.5, 0.6) is 0 Å². The molecule has 2 heterocycles. The van der Waals surface area contributed by atoms with Crippen molar-refractivity contribution in [3.05, 3.63) is 68.4 Å². The van der Waals surface area contributed by atoms with Crippen LogP contribution < -0.4 is 16.4 Å². The Morgan fingerprint density at radius 1 is 1.23 bits per heavy atom. The first-order valence-corrected chi connectivity index (χ1v) is 14.1. The van der Waals surface area contributed by atoms with E-state index in [0.717, 1.165) is 0 Å². The van der Waals surface area contributed by atoms with Crippen LogP contribution in [0.25, 0.3) is 0 Å². The summed E-state index contributed by atoms with van der Waals surface area (Å²) >= 11 is 7.47. The number of β-lactam (4-membered cyclic amide) rings is 1. The summed E-state index contributed by atoms with van der Waals surface area (Å²) in [6.07, 6.45) is 0.179. The third kappa shape index (κ3) is 5.29. The van der Waals surface area contributed by atoms with Crippen molar-refractivity contribution in [2.75, 3.05) is 6.54 Å². The molecule has 4 rings (SSSR count). The van der Waals surface area contributed by atoms with E-state index in [9.17, 15) is 28.7 Å². The molecule has 2 aromatic rings. The van der Waals surface area contributed by atoms with Gasteiger partial charge in [-0.25, -0.2) is 9.18 Å². The number of rotatable bonds is 8. The van der Waals surface area contributed by atoms with Crippen LogP contribution in [0.2, 0.25) is 0 Å². The quantitative estimate of drug-likeness (QED) is 0.144. The average molecular weight is 685 g/mol. The molecule has 0 bridgehead atoms. The van der Waals surface area contributed by atoms with Gasteiger partial charge in [0.1, 0.15) is 18.4 Å². The van der Waals surface area contributed by atoms with Crippen LogP contribution in [-0.4, -0.2) is 61.9 Å². The fourth-order valence-electron chi connectivity index (χ4n) is 4.58. The number of nitrogens with one attached hydrogen (secondary N) is 2. The Morgan fingerprint density at radius 2 is 1.85 bits per heavy atom. The summed E-state index contributed by atoms with van der Waals surface area (Å²) in [5.41, 5.74) is 4.73. The molecule has 0 aromatic heterocycles. The Labute approximate surface area is 244 Å². The van der Waals surface area contributed by atoms with Gasteiger partial charge in [0.05, 0.1) is 25.5 Å². The Kier molecular flexibility index (Phi) is 8.11. The van der Waals surface area contributed by atoms with Crippen LogP contribution in [0.1, 0.15) is 37.4 Å². The molecule has 5 N–H and O–H groups in total. The van der Waals surface area contributed by atoms with Crippen molar-refractivity contribution in [3.8, 4) is 0 Å². The number of aliphatic imine (C=N–C) groups is 1. The number of amidine groups is 1. The van der Waals surface area contributed by atoms with Crippen LogP contribution in [0.15, 0.2) is 56.4 Å². The van der Waals surface area contributed by atoms with E-state index >= 15 is 0 Å². The lowest BCUT2D eigenvalue weighted by atomic mass is 9.89. The zero-order chi connectivity index (χ0) is 28.7. The maximum atomic E-state index is 13.9. The van der Waals surface area contributed by atoms with Crippen molar-refractivity contribution < 1.29 is 28.7 Å². The number of aliphatic carboxylic acids is 1. The van der Waals surface area contributed by atoms with E-state index in [2.05, 4.69) is 47.5 Å². The minimum Gasteiger partial charge on any atom is -0.478 e. The molecule has 206 valence electrons. The van der Waals surface area contributed by atoms with E-state index in [4.69, 9.17) is 5.73 Å². The summed E-state index contributed by atoms with van der Waals surface area (Å²) in [6.45, 7) is 2.84. The average Bonchev–Trinajstić information content (AvgIpc) is 3.06. The van der Waals surface area contributed by atoms with Gasteiger partial charge >= 0.3 is 5.97 Å². The second-order valence-electron chi connectivity index (χ2n) is 9.42. The molecule has 3 amide bonds. The summed E-state index contributed by atoms with van der Waals surface area (Å²) in [6, 6.07) is 9.80. The van der Waals surface area contributed by atoms with Crippen LogP contribution in [-0.2, 0) is 19.2 Å². The summed E-state index contributed by atoms with van der Waals surface area (Å²) in [4.78, 5) is 56.8. The van der Waals surface area contributed by atoms with E-state index in [0.29, 0.717) is 11.1 Å². The fraction of sp³-hybridized carbons (Fsp3) is 0.320. The van der Waals surface area contributed by atoms with Gasteiger partial charge in [-0.15, -0.1) is 11.8 Å². The number of benzene rings is 2. The predicted molar refractivity (Wildman–Crippen MR) is 150 cm³/mol. The highest BCUT2D eigenvalue weighted by molar-refractivity contribution is 9.11. The summed E-state index contributed by atoms with van der Waals surface area (Å²) < 4.78 is 13.1. The van der Waals surface area contributed by atoms with Crippen molar-refractivity contribution >= 4 is 73.1 Å².